The quantitative estimate of drug-likeness (QED) is 0.787. The second kappa shape index (κ2) is 4.97. The molecule has 1 aromatic carbocycles. The van der Waals surface area contributed by atoms with Crippen LogP contribution in [0.1, 0.15) is 16.2 Å². The SMILES string of the molecule is O=C1c2cc(CBr)nn2CCN1c1ccc(F)c(F)c1. The van der Waals surface area contributed by atoms with Gasteiger partial charge in [-0.25, -0.2) is 8.78 Å². The van der Waals surface area contributed by atoms with Gasteiger partial charge in [0, 0.05) is 23.6 Å². The van der Waals surface area contributed by atoms with E-state index in [9.17, 15) is 13.6 Å². The number of halogens is 3. The molecule has 0 saturated carbocycles. The summed E-state index contributed by atoms with van der Waals surface area (Å²) in [5.74, 6) is -2.15. The third-order valence-electron chi connectivity index (χ3n) is 3.18. The molecule has 1 aliphatic rings. The van der Waals surface area contributed by atoms with Crippen molar-refractivity contribution in [2.75, 3.05) is 11.4 Å². The molecule has 0 fully saturated rings. The summed E-state index contributed by atoms with van der Waals surface area (Å²) in [7, 11) is 0. The fourth-order valence-electron chi connectivity index (χ4n) is 2.21. The molecule has 0 radical (unpaired) electrons. The van der Waals surface area contributed by atoms with E-state index in [0.29, 0.717) is 29.8 Å². The van der Waals surface area contributed by atoms with Crippen LogP contribution >= 0.6 is 15.9 Å². The number of alkyl halides is 1. The molecule has 0 bridgehead atoms. The molecule has 0 atom stereocenters. The van der Waals surface area contributed by atoms with E-state index >= 15 is 0 Å². The van der Waals surface area contributed by atoms with Gasteiger partial charge in [0.2, 0.25) is 0 Å². The minimum Gasteiger partial charge on any atom is -0.305 e. The van der Waals surface area contributed by atoms with E-state index in [1.165, 1.54) is 11.0 Å². The van der Waals surface area contributed by atoms with E-state index in [4.69, 9.17) is 0 Å². The van der Waals surface area contributed by atoms with Gasteiger partial charge in [0.25, 0.3) is 5.91 Å². The van der Waals surface area contributed by atoms with Gasteiger partial charge in [0.1, 0.15) is 5.69 Å². The van der Waals surface area contributed by atoms with E-state index in [1.54, 1.807) is 10.7 Å². The fraction of sp³-hybridized carbons (Fsp3) is 0.231. The maximum absolute atomic E-state index is 13.3. The van der Waals surface area contributed by atoms with Gasteiger partial charge in [0.15, 0.2) is 11.6 Å². The number of carbonyl (C=O) groups is 1. The van der Waals surface area contributed by atoms with E-state index in [0.717, 1.165) is 17.8 Å². The van der Waals surface area contributed by atoms with Gasteiger partial charge in [-0.15, -0.1) is 0 Å². The Balaban J connectivity index is 1.96. The maximum atomic E-state index is 13.3. The van der Waals surface area contributed by atoms with Crippen LogP contribution in [0.3, 0.4) is 0 Å². The van der Waals surface area contributed by atoms with Gasteiger partial charge in [-0.1, -0.05) is 15.9 Å². The lowest BCUT2D eigenvalue weighted by Crippen LogP contribution is -2.40. The second-order valence-corrected chi connectivity index (χ2v) is 4.99. The average Bonchev–Trinajstić information content (AvgIpc) is 2.87. The Bertz CT molecular complexity index is 686. The van der Waals surface area contributed by atoms with Crippen LogP contribution in [0.4, 0.5) is 14.5 Å². The van der Waals surface area contributed by atoms with Gasteiger partial charge in [0.05, 0.1) is 12.2 Å². The molecular formula is C13H10BrF2N3O. The smallest absolute Gasteiger partial charge is 0.276 e. The van der Waals surface area contributed by atoms with Crippen LogP contribution in [0.5, 0.6) is 0 Å². The van der Waals surface area contributed by atoms with Crippen molar-refractivity contribution in [1.29, 1.82) is 0 Å². The van der Waals surface area contributed by atoms with E-state index in [1.807, 2.05) is 0 Å². The van der Waals surface area contributed by atoms with Crippen molar-refractivity contribution >= 4 is 27.5 Å². The first-order valence-corrected chi connectivity index (χ1v) is 7.12. The summed E-state index contributed by atoms with van der Waals surface area (Å²) in [6.07, 6.45) is 0. The summed E-state index contributed by atoms with van der Waals surface area (Å²) in [6.45, 7) is 0.896. The second-order valence-electron chi connectivity index (χ2n) is 4.43. The van der Waals surface area contributed by atoms with E-state index in [-0.39, 0.29) is 5.91 Å². The molecule has 0 N–H and O–H groups in total. The Morgan fingerprint density at radius 2 is 2.00 bits per heavy atom. The van der Waals surface area contributed by atoms with Crippen LogP contribution in [0.25, 0.3) is 0 Å². The number of anilines is 1. The van der Waals surface area contributed by atoms with E-state index in [2.05, 4.69) is 21.0 Å². The number of rotatable bonds is 2. The third kappa shape index (κ3) is 2.11. The predicted molar refractivity (Wildman–Crippen MR) is 72.9 cm³/mol. The summed E-state index contributed by atoms with van der Waals surface area (Å²) in [4.78, 5) is 13.8. The standard InChI is InChI=1S/C13H10BrF2N3O/c14-7-8-5-12-13(20)18(3-4-19(12)17-8)9-1-2-10(15)11(16)6-9/h1-2,5-6H,3-4,7H2. The minimum absolute atomic E-state index is 0.262. The third-order valence-corrected chi connectivity index (χ3v) is 3.76. The monoisotopic (exact) mass is 341 g/mol. The Hall–Kier alpha value is -1.76. The molecule has 2 heterocycles. The number of benzene rings is 1. The number of nitrogens with zero attached hydrogens (tertiary/aromatic N) is 3. The molecule has 7 heteroatoms. The minimum atomic E-state index is -0.962. The van der Waals surface area contributed by atoms with Crippen molar-refractivity contribution < 1.29 is 13.6 Å². The van der Waals surface area contributed by atoms with Crippen LogP contribution in [-0.2, 0) is 11.9 Å². The van der Waals surface area contributed by atoms with Gasteiger partial charge in [-0.05, 0) is 18.2 Å². The van der Waals surface area contributed by atoms with Crippen molar-refractivity contribution in [2.45, 2.75) is 11.9 Å². The molecule has 0 spiro atoms. The largest absolute Gasteiger partial charge is 0.305 e. The number of aromatic nitrogens is 2. The normalized spacial score (nSPS) is 14.6. The van der Waals surface area contributed by atoms with Gasteiger partial charge in [-0.3, -0.25) is 9.48 Å². The molecule has 0 saturated heterocycles. The highest BCUT2D eigenvalue weighted by molar-refractivity contribution is 9.08. The van der Waals surface area contributed by atoms with Crippen molar-refractivity contribution in [3.8, 4) is 0 Å². The first-order valence-electron chi connectivity index (χ1n) is 6.00. The number of hydrogen-bond donors (Lipinski definition) is 0. The molecule has 104 valence electrons. The molecule has 3 rings (SSSR count). The summed E-state index contributed by atoms with van der Waals surface area (Å²) >= 11 is 3.29. The summed E-state index contributed by atoms with van der Waals surface area (Å²) < 4.78 is 27.9. The van der Waals surface area contributed by atoms with Crippen molar-refractivity contribution in [2.24, 2.45) is 0 Å². The van der Waals surface area contributed by atoms with Crippen LogP contribution < -0.4 is 4.90 Å². The highest BCUT2D eigenvalue weighted by atomic mass is 79.9. The van der Waals surface area contributed by atoms with Crippen molar-refractivity contribution in [3.05, 3.63) is 47.3 Å². The van der Waals surface area contributed by atoms with Crippen LogP contribution in [0, 0.1) is 11.6 Å². The van der Waals surface area contributed by atoms with E-state index < -0.39 is 11.6 Å². The highest BCUT2D eigenvalue weighted by Gasteiger charge is 2.27. The zero-order chi connectivity index (χ0) is 14.3. The summed E-state index contributed by atoms with van der Waals surface area (Å²) in [5, 5.41) is 4.83. The molecular weight excluding hydrogens is 332 g/mol. The Morgan fingerprint density at radius 1 is 1.20 bits per heavy atom. The first-order chi connectivity index (χ1) is 9.60. The molecule has 0 aliphatic carbocycles. The molecule has 1 amide bonds. The fourth-order valence-corrected chi connectivity index (χ4v) is 2.49. The van der Waals surface area contributed by atoms with Gasteiger partial charge < -0.3 is 4.90 Å². The Kier molecular flexibility index (Phi) is 3.29. The lowest BCUT2D eigenvalue weighted by molar-refractivity contribution is 0.0962. The van der Waals surface area contributed by atoms with Crippen molar-refractivity contribution in [1.82, 2.24) is 9.78 Å². The molecule has 1 aromatic heterocycles. The number of hydrogen-bond acceptors (Lipinski definition) is 2. The molecule has 4 nitrogen and oxygen atoms in total. The van der Waals surface area contributed by atoms with Crippen LogP contribution in [0.15, 0.2) is 24.3 Å². The average molecular weight is 342 g/mol. The lowest BCUT2D eigenvalue weighted by Gasteiger charge is -2.27. The lowest BCUT2D eigenvalue weighted by atomic mass is 10.2. The van der Waals surface area contributed by atoms with Gasteiger partial charge >= 0.3 is 0 Å². The first kappa shape index (κ1) is 13.2. The molecule has 2 aromatic rings. The summed E-state index contributed by atoms with van der Waals surface area (Å²) in [6, 6.07) is 5.15. The topological polar surface area (TPSA) is 38.1 Å². The highest BCUT2D eigenvalue weighted by Crippen LogP contribution is 2.23. The zero-order valence-corrected chi connectivity index (χ0v) is 11.9. The number of carbonyl (C=O) groups excluding carboxylic acids is 1. The maximum Gasteiger partial charge on any atom is 0.276 e. The number of amides is 1. The Labute approximate surface area is 122 Å². The van der Waals surface area contributed by atoms with Gasteiger partial charge in [-0.2, -0.15) is 5.10 Å². The van der Waals surface area contributed by atoms with Crippen molar-refractivity contribution in [3.63, 3.8) is 0 Å². The summed E-state index contributed by atoms with van der Waals surface area (Å²) in [5.41, 5.74) is 1.57. The number of fused-ring (bicyclic) bond motifs is 1. The predicted octanol–water partition coefficient (Wildman–Crippen LogP) is 2.72. The van der Waals surface area contributed by atoms with Crippen LogP contribution in [0.2, 0.25) is 0 Å². The Morgan fingerprint density at radius 3 is 2.70 bits per heavy atom. The molecule has 0 unspecified atom stereocenters. The molecule has 1 aliphatic heterocycles. The van der Waals surface area contributed by atoms with Crippen LogP contribution in [-0.4, -0.2) is 22.2 Å². The molecule has 20 heavy (non-hydrogen) atoms. The zero-order valence-electron chi connectivity index (χ0n) is 10.3.